The standard InChI is InChI=1S/C19H27N2O3/c1-19(2,3)24-18(23)16(20-4)12-8-9-13-21-14-17(22)15-10-6-5-7-11-15/h4-7,10-11,16,21H,8-9,12-14H2,1-3H3/q+1/t16-/m0/s1. The second kappa shape index (κ2) is 9.84. The Labute approximate surface area is 144 Å². The van der Waals surface area contributed by atoms with Gasteiger partial charge in [0.15, 0.2) is 5.78 Å². The lowest BCUT2D eigenvalue weighted by molar-refractivity contribution is -0.155. The molecule has 5 heteroatoms. The van der Waals surface area contributed by atoms with Crippen LogP contribution in [0.1, 0.15) is 50.4 Å². The fourth-order valence-electron chi connectivity index (χ4n) is 2.14. The Morgan fingerprint density at radius 3 is 2.46 bits per heavy atom. The lowest BCUT2D eigenvalue weighted by atomic mass is 10.1. The number of nitrogens with zero attached hydrogens (tertiary/aromatic N) is 1. The van der Waals surface area contributed by atoms with E-state index in [1.165, 1.54) is 0 Å². The van der Waals surface area contributed by atoms with Crippen LogP contribution in [0.5, 0.6) is 0 Å². The number of hydrogen-bond donors (Lipinski definition) is 1. The van der Waals surface area contributed by atoms with E-state index in [4.69, 9.17) is 11.3 Å². The van der Waals surface area contributed by atoms with E-state index in [2.05, 4.69) is 10.2 Å². The van der Waals surface area contributed by atoms with Crippen LogP contribution in [-0.4, -0.2) is 36.5 Å². The first-order valence-electron chi connectivity index (χ1n) is 8.25. The highest BCUT2D eigenvalue weighted by molar-refractivity contribution is 5.97. The Hall–Kier alpha value is -2.19. The van der Waals surface area contributed by atoms with Gasteiger partial charge in [0.1, 0.15) is 5.60 Å². The van der Waals surface area contributed by atoms with Gasteiger partial charge in [0, 0.05) is 12.0 Å². The fraction of sp³-hybridized carbons (Fsp3) is 0.526. The van der Waals surface area contributed by atoms with Crippen molar-refractivity contribution in [1.82, 2.24) is 5.32 Å². The van der Waals surface area contributed by atoms with Gasteiger partial charge < -0.3 is 10.1 Å². The van der Waals surface area contributed by atoms with Gasteiger partial charge in [-0.2, -0.15) is 0 Å². The van der Waals surface area contributed by atoms with Gasteiger partial charge in [-0.15, -0.1) is 0 Å². The molecule has 0 aliphatic heterocycles. The van der Waals surface area contributed by atoms with Gasteiger partial charge in [-0.1, -0.05) is 35.2 Å². The number of ether oxygens (including phenoxy) is 1. The van der Waals surface area contributed by atoms with Crippen LogP contribution in [0, 0.1) is 6.57 Å². The minimum Gasteiger partial charge on any atom is -0.454 e. The first kappa shape index (κ1) is 19.9. The number of rotatable bonds is 9. The summed E-state index contributed by atoms with van der Waals surface area (Å²) in [5, 5.41) is 3.12. The van der Waals surface area contributed by atoms with Gasteiger partial charge >= 0.3 is 12.0 Å². The molecule has 0 heterocycles. The number of ketones is 1. The summed E-state index contributed by atoms with van der Waals surface area (Å²) in [6.45, 7) is 11.7. The molecule has 0 amide bonds. The van der Waals surface area contributed by atoms with Crippen LogP contribution in [0.4, 0.5) is 0 Å². The number of esters is 1. The molecule has 0 saturated heterocycles. The van der Waals surface area contributed by atoms with Gasteiger partial charge in [-0.25, -0.2) is 4.79 Å². The van der Waals surface area contributed by atoms with E-state index in [9.17, 15) is 9.59 Å². The SMILES string of the molecule is C#[N+][C@@H](CCCCNCC(=O)c1ccccc1)C(=O)OC(C)(C)C. The number of carbonyl (C=O) groups excluding carboxylic acids is 2. The highest BCUT2D eigenvalue weighted by Crippen LogP contribution is 2.13. The highest BCUT2D eigenvalue weighted by atomic mass is 16.6. The third-order valence-electron chi connectivity index (χ3n) is 3.32. The predicted molar refractivity (Wildman–Crippen MR) is 95.4 cm³/mol. The number of carbonyl (C=O) groups is 2. The lowest BCUT2D eigenvalue weighted by Gasteiger charge is -2.18. The van der Waals surface area contributed by atoms with Gasteiger partial charge in [0.25, 0.3) is 6.57 Å². The first-order chi connectivity index (χ1) is 11.3. The zero-order valence-electron chi connectivity index (χ0n) is 14.7. The quantitative estimate of drug-likeness (QED) is 0.428. The van der Waals surface area contributed by atoms with E-state index >= 15 is 0 Å². The van der Waals surface area contributed by atoms with Crippen LogP contribution >= 0.6 is 0 Å². The molecule has 0 bridgehead atoms. The van der Waals surface area contributed by atoms with Crippen LogP contribution in [0.25, 0.3) is 4.85 Å². The maximum absolute atomic E-state index is 11.9. The van der Waals surface area contributed by atoms with E-state index in [-0.39, 0.29) is 5.78 Å². The van der Waals surface area contributed by atoms with Crippen LogP contribution in [0.3, 0.4) is 0 Å². The largest absolute Gasteiger partial charge is 0.454 e. The minimum absolute atomic E-state index is 0.0687. The van der Waals surface area contributed by atoms with Crippen LogP contribution in [0.15, 0.2) is 30.3 Å². The van der Waals surface area contributed by atoms with Crippen molar-refractivity contribution < 1.29 is 14.3 Å². The molecule has 0 saturated carbocycles. The van der Waals surface area contributed by atoms with Gasteiger partial charge in [-0.3, -0.25) is 4.79 Å². The number of nitrogens with one attached hydrogen (secondary N) is 1. The lowest BCUT2D eigenvalue weighted by Crippen LogP contribution is -2.30. The molecule has 0 aromatic heterocycles. The van der Waals surface area contributed by atoms with E-state index in [1.54, 1.807) is 12.1 Å². The third-order valence-corrected chi connectivity index (χ3v) is 3.32. The molecule has 0 spiro atoms. The van der Waals surface area contributed by atoms with Crippen molar-refractivity contribution in [1.29, 1.82) is 0 Å². The van der Waals surface area contributed by atoms with Crippen LogP contribution in [-0.2, 0) is 9.53 Å². The van der Waals surface area contributed by atoms with E-state index < -0.39 is 17.6 Å². The first-order valence-corrected chi connectivity index (χ1v) is 8.25. The Morgan fingerprint density at radius 2 is 1.88 bits per heavy atom. The molecule has 0 aliphatic carbocycles. The molecule has 0 unspecified atom stereocenters. The highest BCUT2D eigenvalue weighted by Gasteiger charge is 2.31. The third kappa shape index (κ3) is 7.89. The van der Waals surface area contributed by atoms with Crippen molar-refractivity contribution in [2.75, 3.05) is 13.1 Å². The van der Waals surface area contributed by atoms with Gasteiger partial charge in [0.2, 0.25) is 0 Å². The molecule has 0 radical (unpaired) electrons. The molecule has 130 valence electrons. The number of hydrogen-bond acceptors (Lipinski definition) is 4. The van der Waals surface area contributed by atoms with Crippen molar-refractivity contribution in [2.24, 2.45) is 0 Å². The summed E-state index contributed by atoms with van der Waals surface area (Å²) < 4.78 is 5.28. The van der Waals surface area contributed by atoms with Crippen LogP contribution in [0.2, 0.25) is 0 Å². The average Bonchev–Trinajstić information content (AvgIpc) is 2.53. The van der Waals surface area contributed by atoms with Crippen molar-refractivity contribution in [2.45, 2.75) is 51.7 Å². The molecular formula is C19H27N2O3+. The molecule has 5 nitrogen and oxygen atoms in total. The predicted octanol–water partition coefficient (Wildman–Crippen LogP) is 3.30. The Kier molecular flexibility index (Phi) is 8.14. The molecule has 1 N–H and O–H groups in total. The van der Waals surface area contributed by atoms with E-state index in [0.717, 1.165) is 12.8 Å². The normalized spacial score (nSPS) is 12.2. The Bertz CT molecular complexity index is 571. The summed E-state index contributed by atoms with van der Waals surface area (Å²) in [6, 6.07) is 8.56. The molecule has 0 aliphatic rings. The second-order valence-electron chi connectivity index (χ2n) is 6.66. The fourth-order valence-corrected chi connectivity index (χ4v) is 2.14. The average molecular weight is 331 g/mol. The number of Topliss-reactive ketones (excluding diaryl/α,β-unsaturated/α-hetero) is 1. The van der Waals surface area contributed by atoms with Crippen molar-refractivity contribution >= 4 is 11.8 Å². The minimum atomic E-state index is -0.629. The topological polar surface area (TPSA) is 59.8 Å². The summed E-state index contributed by atoms with van der Waals surface area (Å²) in [7, 11) is 0. The number of unbranched alkanes of at least 4 members (excludes halogenated alkanes) is 1. The van der Waals surface area contributed by atoms with Crippen molar-refractivity contribution in [3.05, 3.63) is 40.7 Å². The van der Waals surface area contributed by atoms with Crippen molar-refractivity contribution in [3.8, 4) is 6.57 Å². The molecular weight excluding hydrogens is 304 g/mol. The monoisotopic (exact) mass is 331 g/mol. The molecule has 24 heavy (non-hydrogen) atoms. The maximum Gasteiger partial charge on any atom is 0.395 e. The van der Waals surface area contributed by atoms with Gasteiger partial charge in [-0.05, 0) is 40.2 Å². The maximum atomic E-state index is 11.9. The summed E-state index contributed by atoms with van der Waals surface area (Å²) in [6.07, 6.45) is 2.15. The van der Waals surface area contributed by atoms with E-state index in [1.807, 2.05) is 39.0 Å². The smallest absolute Gasteiger partial charge is 0.395 e. The molecule has 1 aromatic rings. The number of benzene rings is 1. The summed E-state index contributed by atoms with van der Waals surface area (Å²) in [4.78, 5) is 27.4. The molecule has 1 atom stereocenters. The van der Waals surface area contributed by atoms with Crippen LogP contribution < -0.4 is 5.32 Å². The zero-order valence-corrected chi connectivity index (χ0v) is 14.7. The van der Waals surface area contributed by atoms with Gasteiger partial charge in [0.05, 0.1) is 6.54 Å². The van der Waals surface area contributed by atoms with E-state index in [0.29, 0.717) is 25.1 Å². The molecule has 0 fully saturated rings. The van der Waals surface area contributed by atoms with Crippen molar-refractivity contribution in [3.63, 3.8) is 0 Å². The molecule has 1 rings (SSSR count). The second-order valence-corrected chi connectivity index (χ2v) is 6.66. The summed E-state index contributed by atoms with van der Waals surface area (Å²) >= 11 is 0. The summed E-state index contributed by atoms with van der Waals surface area (Å²) in [5.41, 5.74) is 0.163. The zero-order chi connectivity index (χ0) is 18.0. The molecule has 1 aromatic carbocycles. The Balaban J connectivity index is 2.20. The Morgan fingerprint density at radius 1 is 1.21 bits per heavy atom. The summed E-state index contributed by atoms with van der Waals surface area (Å²) in [5.74, 6) is -0.323.